The van der Waals surface area contributed by atoms with Crippen LogP contribution in [0.2, 0.25) is 0 Å². The first kappa shape index (κ1) is 12.3. The zero-order valence-corrected chi connectivity index (χ0v) is 11.5. The van der Waals surface area contributed by atoms with Gasteiger partial charge in [-0.2, -0.15) is 5.21 Å². The van der Waals surface area contributed by atoms with E-state index in [0.29, 0.717) is 5.82 Å². The van der Waals surface area contributed by atoms with Crippen LogP contribution in [0.25, 0.3) is 0 Å². The average Bonchev–Trinajstić information content (AvgIpc) is 2.94. The van der Waals surface area contributed by atoms with Crippen molar-refractivity contribution in [2.75, 3.05) is 0 Å². The molecule has 2 N–H and O–H groups in total. The second-order valence-corrected chi connectivity index (χ2v) is 6.13. The highest BCUT2D eigenvalue weighted by Gasteiger charge is 2.34. The number of aliphatic hydroxyl groups is 1. The van der Waals surface area contributed by atoms with Crippen LogP contribution in [0.15, 0.2) is 12.3 Å². The Morgan fingerprint density at radius 1 is 1.53 bits per heavy atom. The Labute approximate surface area is 111 Å². The zero-order valence-electron chi connectivity index (χ0n) is 11.5. The van der Waals surface area contributed by atoms with Gasteiger partial charge in [0.15, 0.2) is 5.82 Å². The number of fused-ring (bicyclic) bond motifs is 1. The molecule has 2 aromatic heterocycles. The molecular formula is C13H19N5O. The number of hydrogen-bond acceptors (Lipinski definition) is 4. The molecule has 0 saturated heterocycles. The first-order valence-corrected chi connectivity index (χ1v) is 6.59. The van der Waals surface area contributed by atoms with Crippen molar-refractivity contribution in [3.63, 3.8) is 0 Å². The van der Waals surface area contributed by atoms with Gasteiger partial charge in [-0.25, -0.2) is 0 Å². The maximum Gasteiger partial charge on any atom is 0.196 e. The van der Waals surface area contributed by atoms with Crippen LogP contribution in [-0.4, -0.2) is 30.3 Å². The van der Waals surface area contributed by atoms with E-state index in [4.69, 9.17) is 0 Å². The molecule has 1 aliphatic carbocycles. The van der Waals surface area contributed by atoms with Crippen molar-refractivity contribution < 1.29 is 5.11 Å². The van der Waals surface area contributed by atoms with Gasteiger partial charge in [-0.15, -0.1) is 10.2 Å². The SMILES string of the molecule is CC(c1nn[nH]n1)n1ccc2c1CC(C)(C)CC2O. The molecule has 3 rings (SSSR count). The lowest BCUT2D eigenvalue weighted by atomic mass is 9.75. The molecule has 0 radical (unpaired) electrons. The van der Waals surface area contributed by atoms with Crippen molar-refractivity contribution in [2.45, 2.75) is 45.8 Å². The molecule has 102 valence electrons. The van der Waals surface area contributed by atoms with Gasteiger partial charge in [-0.1, -0.05) is 19.1 Å². The molecule has 2 heterocycles. The Morgan fingerprint density at radius 3 is 3.00 bits per heavy atom. The highest BCUT2D eigenvalue weighted by molar-refractivity contribution is 5.30. The molecule has 2 aromatic rings. The van der Waals surface area contributed by atoms with Gasteiger partial charge < -0.3 is 9.67 Å². The molecular weight excluding hydrogens is 242 g/mol. The molecule has 6 nitrogen and oxygen atoms in total. The Balaban J connectivity index is 2.01. The van der Waals surface area contributed by atoms with E-state index in [0.717, 1.165) is 18.4 Å². The van der Waals surface area contributed by atoms with Crippen LogP contribution >= 0.6 is 0 Å². The highest BCUT2D eigenvalue weighted by Crippen LogP contribution is 2.42. The Hall–Kier alpha value is -1.69. The molecule has 0 aromatic carbocycles. The minimum absolute atomic E-state index is 0.0172. The number of H-pyrrole nitrogens is 1. The molecule has 0 spiro atoms. The number of nitrogens with one attached hydrogen (secondary N) is 1. The lowest BCUT2D eigenvalue weighted by molar-refractivity contribution is 0.0977. The highest BCUT2D eigenvalue weighted by atomic mass is 16.3. The number of aromatic amines is 1. The summed E-state index contributed by atoms with van der Waals surface area (Å²) in [4.78, 5) is 0. The molecule has 0 amide bonds. The second kappa shape index (κ2) is 4.16. The molecule has 2 unspecified atom stereocenters. The minimum Gasteiger partial charge on any atom is -0.388 e. The first-order chi connectivity index (χ1) is 8.98. The first-order valence-electron chi connectivity index (χ1n) is 6.59. The second-order valence-electron chi connectivity index (χ2n) is 6.13. The third kappa shape index (κ3) is 2.06. The van der Waals surface area contributed by atoms with Crippen LogP contribution < -0.4 is 0 Å². The Morgan fingerprint density at radius 2 is 2.32 bits per heavy atom. The van der Waals surface area contributed by atoms with E-state index < -0.39 is 0 Å². The van der Waals surface area contributed by atoms with E-state index in [1.165, 1.54) is 5.69 Å². The maximum atomic E-state index is 10.3. The van der Waals surface area contributed by atoms with Crippen LogP contribution in [0.1, 0.15) is 56.4 Å². The van der Waals surface area contributed by atoms with Crippen molar-refractivity contribution in [1.29, 1.82) is 0 Å². The number of nitrogens with zero attached hydrogens (tertiary/aromatic N) is 4. The molecule has 0 fully saturated rings. The van der Waals surface area contributed by atoms with Gasteiger partial charge in [-0.05, 0) is 31.2 Å². The van der Waals surface area contributed by atoms with E-state index >= 15 is 0 Å². The third-order valence-corrected chi connectivity index (χ3v) is 3.96. The maximum absolute atomic E-state index is 10.3. The molecule has 1 aliphatic rings. The van der Waals surface area contributed by atoms with Crippen molar-refractivity contribution in [3.8, 4) is 0 Å². The summed E-state index contributed by atoms with van der Waals surface area (Å²) >= 11 is 0. The lowest BCUT2D eigenvalue weighted by Gasteiger charge is -2.34. The number of aliphatic hydroxyl groups excluding tert-OH is 1. The fourth-order valence-electron chi connectivity index (χ4n) is 2.99. The summed E-state index contributed by atoms with van der Waals surface area (Å²) in [5.74, 6) is 0.663. The summed E-state index contributed by atoms with van der Waals surface area (Å²) in [5.41, 5.74) is 2.33. The molecule has 0 bridgehead atoms. The summed E-state index contributed by atoms with van der Waals surface area (Å²) in [5, 5.41) is 24.4. The molecule has 0 saturated carbocycles. The monoisotopic (exact) mass is 261 g/mol. The van der Waals surface area contributed by atoms with Crippen LogP contribution in [0, 0.1) is 5.41 Å². The topological polar surface area (TPSA) is 79.6 Å². The smallest absolute Gasteiger partial charge is 0.196 e. The van der Waals surface area contributed by atoms with E-state index in [1.54, 1.807) is 0 Å². The fraction of sp³-hybridized carbons (Fsp3) is 0.615. The number of hydrogen-bond donors (Lipinski definition) is 2. The van der Waals surface area contributed by atoms with Gasteiger partial charge >= 0.3 is 0 Å². The molecule has 2 atom stereocenters. The summed E-state index contributed by atoms with van der Waals surface area (Å²) in [6.07, 6.45) is 3.39. The van der Waals surface area contributed by atoms with E-state index in [-0.39, 0.29) is 17.6 Å². The fourth-order valence-corrected chi connectivity index (χ4v) is 2.99. The van der Waals surface area contributed by atoms with Crippen molar-refractivity contribution >= 4 is 0 Å². The van der Waals surface area contributed by atoms with Gasteiger partial charge in [0.05, 0.1) is 12.1 Å². The Bertz CT molecular complexity index is 572. The third-order valence-electron chi connectivity index (χ3n) is 3.96. The van der Waals surface area contributed by atoms with Gasteiger partial charge in [-0.3, -0.25) is 0 Å². The van der Waals surface area contributed by atoms with E-state index in [9.17, 15) is 5.11 Å². The van der Waals surface area contributed by atoms with Gasteiger partial charge in [0, 0.05) is 17.5 Å². The van der Waals surface area contributed by atoms with E-state index in [1.807, 2.05) is 19.2 Å². The van der Waals surface area contributed by atoms with Crippen molar-refractivity contribution in [3.05, 3.63) is 29.3 Å². The molecule has 0 aliphatic heterocycles. The van der Waals surface area contributed by atoms with Gasteiger partial charge in [0.1, 0.15) is 0 Å². The van der Waals surface area contributed by atoms with Crippen LogP contribution in [0.3, 0.4) is 0 Å². The number of tetrazole rings is 1. The number of rotatable bonds is 2. The average molecular weight is 261 g/mol. The minimum atomic E-state index is -0.377. The van der Waals surface area contributed by atoms with Gasteiger partial charge in [0.2, 0.25) is 0 Å². The van der Waals surface area contributed by atoms with Crippen LogP contribution in [0.5, 0.6) is 0 Å². The summed E-state index contributed by atoms with van der Waals surface area (Å²) in [6, 6.07) is 2.02. The lowest BCUT2D eigenvalue weighted by Crippen LogP contribution is -2.27. The largest absolute Gasteiger partial charge is 0.388 e. The van der Waals surface area contributed by atoms with Crippen molar-refractivity contribution in [2.24, 2.45) is 5.41 Å². The van der Waals surface area contributed by atoms with Gasteiger partial charge in [0.25, 0.3) is 0 Å². The summed E-state index contributed by atoms with van der Waals surface area (Å²) < 4.78 is 2.14. The predicted molar refractivity (Wildman–Crippen MR) is 69.5 cm³/mol. The summed E-state index contributed by atoms with van der Waals surface area (Å²) in [7, 11) is 0. The quantitative estimate of drug-likeness (QED) is 0.860. The van der Waals surface area contributed by atoms with E-state index in [2.05, 4.69) is 39.0 Å². The Kier molecular flexibility index (Phi) is 2.70. The molecule has 6 heteroatoms. The van der Waals surface area contributed by atoms with Crippen LogP contribution in [0.4, 0.5) is 0 Å². The van der Waals surface area contributed by atoms with Crippen LogP contribution in [-0.2, 0) is 6.42 Å². The number of aromatic nitrogens is 5. The van der Waals surface area contributed by atoms with Crippen molar-refractivity contribution in [1.82, 2.24) is 25.2 Å². The normalized spacial score (nSPS) is 23.1. The summed E-state index contributed by atoms with van der Waals surface area (Å²) in [6.45, 7) is 6.42. The zero-order chi connectivity index (χ0) is 13.6. The molecule has 19 heavy (non-hydrogen) atoms. The standard InChI is InChI=1S/C13H19N5O/c1-8(12-14-16-17-15-12)18-5-4-9-10(18)6-13(2,3)7-11(9)19/h4-5,8,11,19H,6-7H2,1-3H3,(H,14,15,16,17). The predicted octanol–water partition coefficient (Wildman–Crippen LogP) is 1.62.